The average molecular weight is 341 g/mol. The lowest BCUT2D eigenvalue weighted by molar-refractivity contribution is 0.835. The molecule has 3 N–H and O–H groups in total. The maximum absolute atomic E-state index is 7.64. The molecule has 0 amide bonds. The van der Waals surface area contributed by atoms with E-state index in [9.17, 15) is 0 Å². The highest BCUT2D eigenvalue weighted by Crippen LogP contribution is 2.17. The van der Waals surface area contributed by atoms with Crippen molar-refractivity contribution in [2.75, 3.05) is 0 Å². The molecule has 0 aliphatic rings. The maximum Gasteiger partial charge on any atom is 0.164 e. The number of hydrogen-bond acceptors (Lipinski definition) is 3. The lowest BCUT2D eigenvalue weighted by Gasteiger charge is -2.11. The SMILES string of the molecule is Cc1cc(C)c(C(=N)N)c(-n2cc(I)cn2)n1. The highest BCUT2D eigenvalue weighted by molar-refractivity contribution is 14.1. The lowest BCUT2D eigenvalue weighted by atomic mass is 10.1. The molecule has 2 rings (SSSR count). The summed E-state index contributed by atoms with van der Waals surface area (Å²) < 4.78 is 2.66. The van der Waals surface area contributed by atoms with E-state index in [1.807, 2.05) is 26.1 Å². The Bertz CT molecular complexity index is 588. The van der Waals surface area contributed by atoms with Crippen LogP contribution in [0.2, 0.25) is 0 Å². The van der Waals surface area contributed by atoms with Crippen LogP contribution in [-0.4, -0.2) is 20.6 Å². The van der Waals surface area contributed by atoms with E-state index in [0.29, 0.717) is 11.4 Å². The monoisotopic (exact) mass is 341 g/mol. The van der Waals surface area contributed by atoms with Gasteiger partial charge in [0, 0.05) is 11.9 Å². The normalized spacial score (nSPS) is 10.5. The highest BCUT2D eigenvalue weighted by Gasteiger charge is 2.14. The molecular formula is C11H12IN5. The highest BCUT2D eigenvalue weighted by atomic mass is 127. The summed E-state index contributed by atoms with van der Waals surface area (Å²) in [7, 11) is 0. The van der Waals surface area contributed by atoms with Crippen molar-refractivity contribution in [2.45, 2.75) is 13.8 Å². The van der Waals surface area contributed by atoms with Gasteiger partial charge in [0.25, 0.3) is 0 Å². The second-order valence-corrected chi connectivity index (χ2v) is 5.04. The largest absolute Gasteiger partial charge is 0.384 e. The van der Waals surface area contributed by atoms with Gasteiger partial charge in [-0.2, -0.15) is 5.10 Å². The summed E-state index contributed by atoms with van der Waals surface area (Å²) in [6, 6.07) is 1.91. The standard InChI is InChI=1S/C11H12IN5/c1-6-3-7(2)16-11(9(6)10(13)14)17-5-8(12)4-15-17/h3-5H,1-2H3,(H3,13,14). The molecule has 0 atom stereocenters. The van der Waals surface area contributed by atoms with E-state index >= 15 is 0 Å². The third-order valence-corrected chi connectivity index (χ3v) is 2.92. The van der Waals surface area contributed by atoms with Gasteiger partial charge in [-0.15, -0.1) is 0 Å². The summed E-state index contributed by atoms with van der Waals surface area (Å²) in [5, 5.41) is 11.8. The van der Waals surface area contributed by atoms with Crippen LogP contribution in [0.1, 0.15) is 16.8 Å². The summed E-state index contributed by atoms with van der Waals surface area (Å²) in [6.45, 7) is 3.83. The van der Waals surface area contributed by atoms with Gasteiger partial charge in [0.1, 0.15) is 5.84 Å². The number of nitrogen functional groups attached to an aromatic ring is 1. The van der Waals surface area contributed by atoms with Gasteiger partial charge in [0.2, 0.25) is 0 Å². The van der Waals surface area contributed by atoms with E-state index in [2.05, 4.69) is 32.7 Å². The number of pyridine rings is 1. The molecule has 0 fully saturated rings. The second kappa shape index (κ2) is 4.44. The predicted molar refractivity (Wildman–Crippen MR) is 74.6 cm³/mol. The Morgan fingerprint density at radius 1 is 1.47 bits per heavy atom. The van der Waals surface area contributed by atoms with Crippen LogP contribution in [-0.2, 0) is 0 Å². The van der Waals surface area contributed by atoms with E-state index in [4.69, 9.17) is 11.1 Å². The minimum atomic E-state index is 0.00973. The van der Waals surface area contributed by atoms with Gasteiger partial charge in [0.15, 0.2) is 5.82 Å². The van der Waals surface area contributed by atoms with Crippen molar-refractivity contribution < 1.29 is 0 Å². The Balaban J connectivity index is 2.71. The van der Waals surface area contributed by atoms with Crippen molar-refractivity contribution >= 4 is 28.4 Å². The zero-order chi connectivity index (χ0) is 12.6. The predicted octanol–water partition coefficient (Wildman–Crippen LogP) is 1.77. The quantitative estimate of drug-likeness (QED) is 0.496. The fraction of sp³-hybridized carbons (Fsp3) is 0.182. The van der Waals surface area contributed by atoms with Crippen molar-refractivity contribution in [1.82, 2.24) is 14.8 Å². The molecule has 0 saturated heterocycles. The third-order valence-electron chi connectivity index (χ3n) is 2.36. The number of rotatable bonds is 2. The van der Waals surface area contributed by atoms with Gasteiger partial charge < -0.3 is 5.73 Å². The first-order valence-electron chi connectivity index (χ1n) is 5.02. The molecule has 2 heterocycles. The minimum absolute atomic E-state index is 0.00973. The maximum atomic E-state index is 7.64. The number of nitrogens with one attached hydrogen (secondary N) is 1. The Morgan fingerprint density at radius 3 is 2.71 bits per heavy atom. The van der Waals surface area contributed by atoms with Crippen molar-refractivity contribution in [3.8, 4) is 5.82 Å². The number of nitrogens with zero attached hydrogens (tertiary/aromatic N) is 3. The zero-order valence-corrected chi connectivity index (χ0v) is 11.7. The van der Waals surface area contributed by atoms with E-state index in [1.54, 1.807) is 10.9 Å². The fourth-order valence-corrected chi connectivity index (χ4v) is 2.12. The average Bonchev–Trinajstić information content (AvgIpc) is 2.62. The van der Waals surface area contributed by atoms with Gasteiger partial charge in [0.05, 0.1) is 15.3 Å². The first kappa shape index (κ1) is 12.0. The Labute approximate surface area is 113 Å². The van der Waals surface area contributed by atoms with Crippen LogP contribution in [0.4, 0.5) is 0 Å². The van der Waals surface area contributed by atoms with Crippen molar-refractivity contribution in [2.24, 2.45) is 5.73 Å². The Kier molecular flexibility index (Phi) is 3.14. The molecule has 17 heavy (non-hydrogen) atoms. The molecule has 2 aromatic rings. The molecule has 0 saturated carbocycles. The zero-order valence-electron chi connectivity index (χ0n) is 9.53. The summed E-state index contributed by atoms with van der Waals surface area (Å²) in [5.74, 6) is 0.619. The van der Waals surface area contributed by atoms with Crippen LogP contribution >= 0.6 is 22.6 Å². The molecule has 6 heteroatoms. The van der Waals surface area contributed by atoms with Crippen LogP contribution in [0.3, 0.4) is 0 Å². The Morgan fingerprint density at radius 2 is 2.18 bits per heavy atom. The van der Waals surface area contributed by atoms with Gasteiger partial charge in [-0.25, -0.2) is 9.67 Å². The lowest BCUT2D eigenvalue weighted by Crippen LogP contribution is -2.18. The fourth-order valence-electron chi connectivity index (χ4n) is 1.73. The summed E-state index contributed by atoms with van der Waals surface area (Å²) in [4.78, 5) is 4.42. The summed E-state index contributed by atoms with van der Waals surface area (Å²) in [5.41, 5.74) is 8.06. The van der Waals surface area contributed by atoms with Gasteiger partial charge >= 0.3 is 0 Å². The minimum Gasteiger partial charge on any atom is -0.384 e. The van der Waals surface area contributed by atoms with Crippen molar-refractivity contribution in [1.29, 1.82) is 5.41 Å². The summed E-state index contributed by atoms with van der Waals surface area (Å²) in [6.07, 6.45) is 3.60. The van der Waals surface area contributed by atoms with Crippen LogP contribution in [0, 0.1) is 22.8 Å². The molecule has 0 aliphatic carbocycles. The number of aryl methyl sites for hydroxylation is 2. The molecule has 0 radical (unpaired) electrons. The van der Waals surface area contributed by atoms with Crippen LogP contribution in [0.5, 0.6) is 0 Å². The molecule has 5 nitrogen and oxygen atoms in total. The van der Waals surface area contributed by atoms with Crippen molar-refractivity contribution in [3.05, 3.63) is 38.9 Å². The number of halogens is 1. The number of aromatic nitrogens is 3. The van der Waals surface area contributed by atoms with E-state index < -0.39 is 0 Å². The van der Waals surface area contributed by atoms with Crippen LogP contribution < -0.4 is 5.73 Å². The molecule has 0 unspecified atom stereocenters. The third kappa shape index (κ3) is 2.31. The number of hydrogen-bond donors (Lipinski definition) is 2. The van der Waals surface area contributed by atoms with Gasteiger partial charge in [-0.1, -0.05) is 0 Å². The smallest absolute Gasteiger partial charge is 0.164 e. The molecular weight excluding hydrogens is 329 g/mol. The second-order valence-electron chi connectivity index (χ2n) is 3.80. The number of amidine groups is 1. The van der Waals surface area contributed by atoms with E-state index in [-0.39, 0.29) is 5.84 Å². The summed E-state index contributed by atoms with van der Waals surface area (Å²) >= 11 is 2.18. The van der Waals surface area contributed by atoms with Crippen LogP contribution in [0.15, 0.2) is 18.5 Å². The first-order valence-corrected chi connectivity index (χ1v) is 6.10. The topological polar surface area (TPSA) is 80.6 Å². The molecule has 0 aliphatic heterocycles. The van der Waals surface area contributed by atoms with Gasteiger partial charge in [-0.05, 0) is 48.1 Å². The molecule has 2 aromatic heterocycles. The number of nitrogens with two attached hydrogens (primary N) is 1. The first-order chi connectivity index (χ1) is 7.99. The van der Waals surface area contributed by atoms with Crippen LogP contribution in [0.25, 0.3) is 5.82 Å². The Hall–Kier alpha value is -1.44. The van der Waals surface area contributed by atoms with E-state index in [0.717, 1.165) is 14.8 Å². The molecule has 88 valence electrons. The van der Waals surface area contributed by atoms with E-state index in [1.165, 1.54) is 0 Å². The van der Waals surface area contributed by atoms with Crippen molar-refractivity contribution in [3.63, 3.8) is 0 Å². The van der Waals surface area contributed by atoms with Gasteiger partial charge in [-0.3, -0.25) is 5.41 Å². The molecule has 0 aromatic carbocycles. The molecule has 0 bridgehead atoms. The molecule has 0 spiro atoms.